The molecular formula is C23H32O3S. The Hall–Kier alpha value is -1.16. The van der Waals surface area contributed by atoms with Crippen LogP contribution in [0.5, 0.6) is 0 Å². The Morgan fingerprint density at radius 1 is 0.963 bits per heavy atom. The van der Waals surface area contributed by atoms with E-state index in [1.165, 1.54) is 24.8 Å². The lowest BCUT2D eigenvalue weighted by molar-refractivity contribution is -0.141. The van der Waals surface area contributed by atoms with Gasteiger partial charge in [-0.25, -0.2) is 8.42 Å². The quantitative estimate of drug-likeness (QED) is 0.735. The van der Waals surface area contributed by atoms with E-state index in [1.54, 1.807) is 0 Å². The molecule has 4 fully saturated rings. The molecular weight excluding hydrogens is 356 g/mol. The summed E-state index contributed by atoms with van der Waals surface area (Å²) in [6.07, 6.45) is 6.60. The third-order valence-electron chi connectivity index (χ3n) is 7.19. The van der Waals surface area contributed by atoms with E-state index in [9.17, 15) is 13.2 Å². The summed E-state index contributed by atoms with van der Waals surface area (Å²) in [5.41, 5.74) is 1.69. The predicted octanol–water partition coefficient (Wildman–Crippen LogP) is 4.68. The lowest BCUT2D eigenvalue weighted by atomic mass is 9.48. The first-order valence-electron chi connectivity index (χ1n) is 10.4. The molecule has 0 amide bonds. The van der Waals surface area contributed by atoms with Gasteiger partial charge in [0.2, 0.25) is 0 Å². The summed E-state index contributed by atoms with van der Waals surface area (Å²) in [5.74, 6) is 1.68. The minimum absolute atomic E-state index is 0.00733. The lowest BCUT2D eigenvalue weighted by Gasteiger charge is -2.55. The summed E-state index contributed by atoms with van der Waals surface area (Å²) in [7, 11) is -3.43. The zero-order chi connectivity index (χ0) is 19.4. The first-order chi connectivity index (χ1) is 12.5. The van der Waals surface area contributed by atoms with Crippen LogP contribution in [-0.2, 0) is 25.8 Å². The fourth-order valence-corrected chi connectivity index (χ4v) is 7.72. The molecule has 4 bridgehead atoms. The smallest absolute Gasteiger partial charge is 0.161 e. The van der Waals surface area contributed by atoms with Crippen molar-refractivity contribution in [3.63, 3.8) is 0 Å². The first-order valence-corrected chi connectivity index (χ1v) is 12.2. The minimum atomic E-state index is -3.43. The van der Waals surface area contributed by atoms with Crippen molar-refractivity contribution >= 4 is 15.6 Å². The number of benzene rings is 1. The van der Waals surface area contributed by atoms with Crippen LogP contribution in [0.3, 0.4) is 0 Å². The number of rotatable bonds is 5. The maximum atomic E-state index is 13.1. The molecule has 0 radical (unpaired) electrons. The van der Waals surface area contributed by atoms with E-state index in [4.69, 9.17) is 0 Å². The Balaban J connectivity index is 1.45. The average Bonchev–Trinajstić information content (AvgIpc) is 2.52. The van der Waals surface area contributed by atoms with Crippen LogP contribution in [0.2, 0.25) is 0 Å². The van der Waals surface area contributed by atoms with E-state index < -0.39 is 9.84 Å². The van der Waals surface area contributed by atoms with Crippen molar-refractivity contribution in [2.45, 2.75) is 70.5 Å². The van der Waals surface area contributed by atoms with Gasteiger partial charge in [-0.2, -0.15) is 0 Å². The standard InChI is InChI=1S/C23H32O3S/c1-22(2,3)20-6-4-16(5-7-20)14-27(25,26)15-21(24)23-11-17-8-18(12-23)10-19(9-17)13-23/h4-7,17-19H,8-15H2,1-3H3. The van der Waals surface area contributed by atoms with Gasteiger partial charge >= 0.3 is 0 Å². The molecule has 148 valence electrons. The number of Topliss-reactive ketones (excluding diaryl/α,β-unsaturated/α-hetero) is 1. The molecule has 1 aromatic rings. The van der Waals surface area contributed by atoms with Crippen LogP contribution in [0.15, 0.2) is 24.3 Å². The zero-order valence-corrected chi connectivity index (χ0v) is 17.6. The summed E-state index contributed by atoms with van der Waals surface area (Å²) >= 11 is 0. The van der Waals surface area contributed by atoms with Crippen LogP contribution in [0.1, 0.15) is 70.4 Å². The maximum absolute atomic E-state index is 13.1. The predicted molar refractivity (Wildman–Crippen MR) is 108 cm³/mol. The molecule has 0 saturated heterocycles. The van der Waals surface area contributed by atoms with Gasteiger partial charge in [0, 0.05) is 5.41 Å². The molecule has 0 spiro atoms. The van der Waals surface area contributed by atoms with E-state index in [1.807, 2.05) is 24.3 Å². The van der Waals surface area contributed by atoms with Crippen LogP contribution in [-0.4, -0.2) is 20.0 Å². The average molecular weight is 389 g/mol. The Bertz CT molecular complexity index is 792. The zero-order valence-electron chi connectivity index (χ0n) is 16.8. The van der Waals surface area contributed by atoms with Crippen LogP contribution in [0.4, 0.5) is 0 Å². The number of sulfone groups is 1. The molecule has 0 unspecified atom stereocenters. The molecule has 4 aliphatic rings. The molecule has 0 aliphatic heterocycles. The molecule has 0 N–H and O–H groups in total. The Kier molecular flexibility index (Phi) is 4.57. The fourth-order valence-electron chi connectivity index (χ4n) is 6.21. The molecule has 27 heavy (non-hydrogen) atoms. The highest BCUT2D eigenvalue weighted by Crippen LogP contribution is 2.60. The number of carbonyl (C=O) groups excluding carboxylic acids is 1. The van der Waals surface area contributed by atoms with Crippen molar-refractivity contribution in [2.75, 3.05) is 5.75 Å². The van der Waals surface area contributed by atoms with Crippen molar-refractivity contribution in [2.24, 2.45) is 23.2 Å². The Morgan fingerprint density at radius 3 is 1.89 bits per heavy atom. The molecule has 3 nitrogen and oxygen atoms in total. The van der Waals surface area contributed by atoms with Crippen molar-refractivity contribution in [1.82, 2.24) is 0 Å². The SMILES string of the molecule is CC(C)(C)c1ccc(CS(=O)(=O)CC(=O)C23CC4CC(CC(C4)C2)C3)cc1. The van der Waals surface area contributed by atoms with Crippen LogP contribution < -0.4 is 0 Å². The van der Waals surface area contributed by atoms with Crippen molar-refractivity contribution in [1.29, 1.82) is 0 Å². The highest BCUT2D eigenvalue weighted by atomic mass is 32.2. The van der Waals surface area contributed by atoms with E-state index in [2.05, 4.69) is 20.8 Å². The normalized spacial score (nSPS) is 32.6. The van der Waals surface area contributed by atoms with Gasteiger partial charge in [0.05, 0.1) is 5.75 Å². The molecule has 4 aliphatic carbocycles. The molecule has 4 heteroatoms. The molecule has 5 rings (SSSR count). The summed E-state index contributed by atoms with van der Waals surface area (Å²) in [4.78, 5) is 13.1. The molecule has 1 aromatic carbocycles. The second-order valence-corrected chi connectivity index (χ2v) is 12.7. The minimum Gasteiger partial charge on any atom is -0.298 e. The van der Waals surface area contributed by atoms with Crippen molar-refractivity contribution < 1.29 is 13.2 Å². The summed E-state index contributed by atoms with van der Waals surface area (Å²) < 4.78 is 25.5. The second kappa shape index (κ2) is 6.43. The largest absolute Gasteiger partial charge is 0.298 e. The van der Waals surface area contributed by atoms with Gasteiger partial charge in [-0.1, -0.05) is 45.0 Å². The van der Waals surface area contributed by atoms with Crippen molar-refractivity contribution in [3.05, 3.63) is 35.4 Å². The monoisotopic (exact) mass is 388 g/mol. The van der Waals surface area contributed by atoms with Crippen LogP contribution in [0.25, 0.3) is 0 Å². The van der Waals surface area contributed by atoms with Crippen molar-refractivity contribution in [3.8, 4) is 0 Å². The summed E-state index contributed by atoms with van der Waals surface area (Å²) in [6, 6.07) is 7.80. The van der Waals surface area contributed by atoms with E-state index in [-0.39, 0.29) is 28.1 Å². The maximum Gasteiger partial charge on any atom is 0.161 e. The van der Waals surface area contributed by atoms with Gasteiger partial charge in [0.1, 0.15) is 5.75 Å². The van der Waals surface area contributed by atoms with E-state index >= 15 is 0 Å². The van der Waals surface area contributed by atoms with Gasteiger partial charge in [-0.05, 0) is 72.8 Å². The van der Waals surface area contributed by atoms with Gasteiger partial charge in [0.25, 0.3) is 0 Å². The Labute approximate surface area is 163 Å². The van der Waals surface area contributed by atoms with Gasteiger partial charge in [-0.3, -0.25) is 4.79 Å². The number of hydrogen-bond acceptors (Lipinski definition) is 3. The molecule has 0 heterocycles. The van der Waals surface area contributed by atoms with Gasteiger partial charge < -0.3 is 0 Å². The third-order valence-corrected chi connectivity index (χ3v) is 8.66. The molecule has 0 atom stereocenters. The molecule has 0 aromatic heterocycles. The second-order valence-electron chi connectivity index (χ2n) is 10.6. The first kappa shape index (κ1) is 19.2. The number of ketones is 1. The number of hydrogen-bond donors (Lipinski definition) is 0. The highest BCUT2D eigenvalue weighted by Gasteiger charge is 2.54. The topological polar surface area (TPSA) is 51.2 Å². The van der Waals surface area contributed by atoms with E-state index in [0.717, 1.165) is 24.8 Å². The Morgan fingerprint density at radius 2 is 1.44 bits per heavy atom. The summed E-state index contributed by atoms with van der Waals surface area (Å²) in [6.45, 7) is 6.43. The van der Waals surface area contributed by atoms with Crippen LogP contribution >= 0.6 is 0 Å². The highest BCUT2D eigenvalue weighted by molar-refractivity contribution is 7.91. The van der Waals surface area contributed by atoms with Gasteiger partial charge in [0.15, 0.2) is 15.6 Å². The lowest BCUT2D eigenvalue weighted by Crippen LogP contribution is -2.51. The fraction of sp³-hybridized carbons (Fsp3) is 0.696. The molecule has 4 saturated carbocycles. The van der Waals surface area contributed by atoms with E-state index in [0.29, 0.717) is 17.8 Å². The van der Waals surface area contributed by atoms with Crippen LogP contribution in [0, 0.1) is 23.2 Å². The third kappa shape index (κ3) is 3.87. The summed E-state index contributed by atoms with van der Waals surface area (Å²) in [5, 5.41) is 0. The number of carbonyl (C=O) groups is 1. The van der Waals surface area contributed by atoms with Gasteiger partial charge in [-0.15, -0.1) is 0 Å².